The molecule has 1 aliphatic rings. The molecule has 2 aromatic heterocycles. The zero-order valence-corrected chi connectivity index (χ0v) is 17.8. The predicted octanol–water partition coefficient (Wildman–Crippen LogP) is 3.38. The molecule has 1 saturated carbocycles. The number of nitrogen functional groups attached to an aromatic ring is 1. The Hall–Kier alpha value is -3.98. The third-order valence-electron chi connectivity index (χ3n) is 6.11. The first-order valence-electron chi connectivity index (χ1n) is 10.4. The van der Waals surface area contributed by atoms with Gasteiger partial charge in [0.25, 0.3) is 5.91 Å². The van der Waals surface area contributed by atoms with Crippen LogP contribution in [-0.4, -0.2) is 36.5 Å². The lowest BCUT2D eigenvalue weighted by Crippen LogP contribution is -2.42. The Morgan fingerprint density at radius 1 is 1.21 bits per heavy atom. The first-order valence-corrected chi connectivity index (χ1v) is 10.4. The average Bonchev–Trinajstić information content (AvgIpc) is 3.10. The van der Waals surface area contributed by atoms with Crippen LogP contribution in [0.1, 0.15) is 36.2 Å². The van der Waals surface area contributed by atoms with Crippen LogP contribution in [0.5, 0.6) is 5.75 Å². The van der Waals surface area contributed by atoms with Gasteiger partial charge in [-0.1, -0.05) is 30.3 Å². The number of anilines is 1. The molecule has 1 aliphatic carbocycles. The van der Waals surface area contributed by atoms with Crippen LogP contribution in [0.15, 0.2) is 48.5 Å². The van der Waals surface area contributed by atoms with Crippen LogP contribution in [0.3, 0.4) is 0 Å². The van der Waals surface area contributed by atoms with Gasteiger partial charge in [-0.15, -0.1) is 0 Å². The van der Waals surface area contributed by atoms with E-state index in [-0.39, 0.29) is 45.3 Å². The second-order valence-corrected chi connectivity index (χ2v) is 8.69. The number of nitrogens with two attached hydrogens (primary N) is 2. The quantitative estimate of drug-likeness (QED) is 0.378. The molecule has 0 aliphatic heterocycles. The molecule has 168 valence electrons. The summed E-state index contributed by atoms with van der Waals surface area (Å²) in [6.45, 7) is 1.70. The number of aromatic nitrogens is 3. The number of aliphatic hydroxyl groups is 1. The Kier molecular flexibility index (Phi) is 4.61. The standard InChI is InChI=1S/C24H22FN5O3/c1-24(33)10-13(11-24)30-22(26)18(23(27)32)20(29-30)15-8-7-14-17(31)9-16(28-21(14)19(15)25)12-5-3-2-4-6-12/h2-9,13,33H,10-11,26H2,1H3,(H2,27,32)(H,28,31)/t13-,24+. The number of hydrogen-bond donors (Lipinski definition) is 4. The van der Waals surface area contributed by atoms with E-state index in [1.165, 1.54) is 22.9 Å². The maximum atomic E-state index is 15.8. The molecule has 0 spiro atoms. The number of nitrogens with zero attached hydrogens (tertiary/aromatic N) is 3. The first-order chi connectivity index (χ1) is 15.7. The molecule has 0 bridgehead atoms. The van der Waals surface area contributed by atoms with Gasteiger partial charge in [-0.05, 0) is 31.9 Å². The second kappa shape index (κ2) is 7.28. The summed E-state index contributed by atoms with van der Waals surface area (Å²) < 4.78 is 17.2. The number of carbonyl (C=O) groups is 1. The minimum Gasteiger partial charge on any atom is -0.507 e. The van der Waals surface area contributed by atoms with Crippen molar-refractivity contribution in [1.29, 1.82) is 0 Å². The van der Waals surface area contributed by atoms with Crippen LogP contribution >= 0.6 is 0 Å². The summed E-state index contributed by atoms with van der Waals surface area (Å²) in [6.07, 6.45) is 0.791. The number of hydrogen-bond acceptors (Lipinski definition) is 6. The largest absolute Gasteiger partial charge is 0.507 e. The van der Waals surface area contributed by atoms with Gasteiger partial charge in [-0.25, -0.2) is 14.1 Å². The molecule has 2 heterocycles. The van der Waals surface area contributed by atoms with E-state index in [9.17, 15) is 15.0 Å². The summed E-state index contributed by atoms with van der Waals surface area (Å²) in [6, 6.07) is 13.2. The number of benzene rings is 2. The fraction of sp³-hybridized carbons (Fsp3) is 0.208. The van der Waals surface area contributed by atoms with Crippen LogP contribution in [0.2, 0.25) is 0 Å². The minimum atomic E-state index is -0.848. The average molecular weight is 447 g/mol. The normalized spacial score (nSPS) is 20.0. The number of fused-ring (bicyclic) bond motifs is 1. The van der Waals surface area contributed by atoms with E-state index in [1.807, 2.05) is 18.2 Å². The highest BCUT2D eigenvalue weighted by Gasteiger charge is 2.42. The predicted molar refractivity (Wildman–Crippen MR) is 122 cm³/mol. The molecule has 1 fully saturated rings. The van der Waals surface area contributed by atoms with Crippen LogP contribution in [-0.2, 0) is 0 Å². The number of amides is 1. The highest BCUT2D eigenvalue weighted by atomic mass is 19.1. The van der Waals surface area contributed by atoms with E-state index in [1.54, 1.807) is 19.1 Å². The Morgan fingerprint density at radius 2 is 1.91 bits per heavy atom. The Bertz CT molecular complexity index is 1410. The van der Waals surface area contributed by atoms with Gasteiger partial charge in [0.2, 0.25) is 0 Å². The SMILES string of the molecule is C[C@]1(O)C[C@@H](n2nc(-c3ccc4c(O)cc(-c5ccccc5)nc4c3F)c(C(N)=O)c2N)C1. The fourth-order valence-electron chi connectivity index (χ4n) is 4.47. The molecule has 4 aromatic rings. The van der Waals surface area contributed by atoms with E-state index in [2.05, 4.69) is 10.1 Å². The van der Waals surface area contributed by atoms with Gasteiger partial charge in [0.1, 0.15) is 28.3 Å². The lowest BCUT2D eigenvalue weighted by Gasteiger charge is -2.41. The van der Waals surface area contributed by atoms with Gasteiger partial charge in [-0.3, -0.25) is 4.79 Å². The molecule has 8 nitrogen and oxygen atoms in total. The molecular weight excluding hydrogens is 425 g/mol. The zero-order chi connectivity index (χ0) is 23.5. The van der Waals surface area contributed by atoms with E-state index in [4.69, 9.17) is 11.5 Å². The molecule has 0 atom stereocenters. The molecule has 5 rings (SSSR count). The van der Waals surface area contributed by atoms with Crippen molar-refractivity contribution in [2.45, 2.75) is 31.4 Å². The Labute approximate surface area is 188 Å². The van der Waals surface area contributed by atoms with E-state index >= 15 is 4.39 Å². The first kappa shape index (κ1) is 20.9. The molecule has 2 aromatic carbocycles. The molecule has 0 saturated heterocycles. The van der Waals surface area contributed by atoms with Crippen molar-refractivity contribution < 1.29 is 19.4 Å². The summed E-state index contributed by atoms with van der Waals surface area (Å²) >= 11 is 0. The van der Waals surface area contributed by atoms with Gasteiger partial charge in [0.15, 0.2) is 5.82 Å². The molecule has 0 radical (unpaired) electrons. The fourth-order valence-corrected chi connectivity index (χ4v) is 4.47. The highest BCUT2D eigenvalue weighted by Crippen LogP contribution is 2.44. The summed E-state index contributed by atoms with van der Waals surface area (Å²) in [5.74, 6) is -1.70. The van der Waals surface area contributed by atoms with Gasteiger partial charge in [0, 0.05) is 22.6 Å². The third-order valence-corrected chi connectivity index (χ3v) is 6.11. The van der Waals surface area contributed by atoms with Gasteiger partial charge >= 0.3 is 0 Å². The van der Waals surface area contributed by atoms with Crippen molar-refractivity contribution >= 4 is 22.6 Å². The minimum absolute atomic E-state index is 0.00246. The third kappa shape index (κ3) is 3.37. The second-order valence-electron chi connectivity index (χ2n) is 8.69. The van der Waals surface area contributed by atoms with Crippen molar-refractivity contribution in [3.8, 4) is 28.3 Å². The van der Waals surface area contributed by atoms with Gasteiger partial charge in [0.05, 0.1) is 17.3 Å². The van der Waals surface area contributed by atoms with Crippen molar-refractivity contribution in [3.05, 3.63) is 59.9 Å². The van der Waals surface area contributed by atoms with Crippen molar-refractivity contribution in [1.82, 2.24) is 14.8 Å². The lowest BCUT2D eigenvalue weighted by molar-refractivity contribution is -0.0535. The van der Waals surface area contributed by atoms with Crippen LogP contribution in [0, 0.1) is 5.82 Å². The lowest BCUT2D eigenvalue weighted by atomic mass is 9.77. The molecule has 9 heteroatoms. The smallest absolute Gasteiger partial charge is 0.254 e. The zero-order valence-electron chi connectivity index (χ0n) is 17.8. The Morgan fingerprint density at radius 3 is 2.55 bits per heavy atom. The molecule has 0 unspecified atom stereocenters. The van der Waals surface area contributed by atoms with E-state index < -0.39 is 17.3 Å². The molecular formula is C24H22FN5O3. The highest BCUT2D eigenvalue weighted by molar-refractivity contribution is 6.04. The number of carbonyl (C=O) groups excluding carboxylic acids is 1. The topological polar surface area (TPSA) is 140 Å². The number of rotatable bonds is 4. The number of aromatic hydroxyl groups is 1. The monoisotopic (exact) mass is 447 g/mol. The summed E-state index contributed by atoms with van der Waals surface area (Å²) in [5, 5.41) is 25.2. The number of pyridine rings is 1. The van der Waals surface area contributed by atoms with Crippen molar-refractivity contribution in [2.24, 2.45) is 5.73 Å². The Balaban J connectivity index is 1.69. The van der Waals surface area contributed by atoms with Crippen LogP contribution < -0.4 is 11.5 Å². The summed E-state index contributed by atoms with van der Waals surface area (Å²) in [4.78, 5) is 16.6. The summed E-state index contributed by atoms with van der Waals surface area (Å²) in [5.41, 5.74) is 11.8. The molecule has 1 amide bonds. The van der Waals surface area contributed by atoms with Gasteiger partial charge in [-0.2, -0.15) is 5.10 Å². The molecule has 33 heavy (non-hydrogen) atoms. The number of halogens is 1. The van der Waals surface area contributed by atoms with Crippen molar-refractivity contribution in [2.75, 3.05) is 5.73 Å². The van der Waals surface area contributed by atoms with Crippen molar-refractivity contribution in [3.63, 3.8) is 0 Å². The maximum absolute atomic E-state index is 15.8. The van der Waals surface area contributed by atoms with Crippen LogP contribution in [0.25, 0.3) is 33.4 Å². The van der Waals surface area contributed by atoms with Gasteiger partial charge < -0.3 is 21.7 Å². The van der Waals surface area contributed by atoms with E-state index in [0.29, 0.717) is 24.1 Å². The van der Waals surface area contributed by atoms with E-state index in [0.717, 1.165) is 0 Å². The number of primary amides is 1. The van der Waals surface area contributed by atoms with Crippen LogP contribution in [0.4, 0.5) is 10.2 Å². The summed E-state index contributed by atoms with van der Waals surface area (Å²) in [7, 11) is 0. The maximum Gasteiger partial charge on any atom is 0.254 e. The molecule has 6 N–H and O–H groups in total.